The molecule has 2 fully saturated rings. The summed E-state index contributed by atoms with van der Waals surface area (Å²) in [7, 11) is 0. The van der Waals surface area contributed by atoms with E-state index in [9.17, 15) is 4.79 Å². The molecule has 4 nitrogen and oxygen atoms in total. The molecule has 0 atom stereocenters. The Morgan fingerprint density at radius 2 is 1.96 bits per heavy atom. The minimum atomic E-state index is 0.135. The fraction of sp³-hybridized carbons (Fsp3) is 0.545. The summed E-state index contributed by atoms with van der Waals surface area (Å²) in [5.74, 6) is 1.19. The number of carbonyl (C=O) groups excluding carboxylic acids is 1. The van der Waals surface area contributed by atoms with Crippen LogP contribution in [0.15, 0.2) is 35.2 Å². The standard InChI is InChI=1S/C22H29N3OS/c26-22(24-20-8-4-7-19(13-20)21-15-27-16-23-21)18-9-11-25(12-10-18)14-17-5-2-1-3-6-17/h4,7-8,13,15-18H,1-3,5-6,9-12,14H2,(H,24,26). The Bertz CT molecular complexity index is 732. The first kappa shape index (κ1) is 18.6. The van der Waals surface area contributed by atoms with E-state index in [-0.39, 0.29) is 11.8 Å². The minimum Gasteiger partial charge on any atom is -0.326 e. The van der Waals surface area contributed by atoms with Gasteiger partial charge in [0.15, 0.2) is 0 Å². The lowest BCUT2D eigenvalue weighted by atomic mass is 9.88. The highest BCUT2D eigenvalue weighted by atomic mass is 32.1. The molecule has 0 spiro atoms. The van der Waals surface area contributed by atoms with E-state index in [1.54, 1.807) is 11.3 Å². The molecule has 1 aromatic carbocycles. The minimum absolute atomic E-state index is 0.135. The van der Waals surface area contributed by atoms with E-state index in [2.05, 4.69) is 15.2 Å². The first-order valence-corrected chi connectivity index (χ1v) is 11.2. The number of nitrogens with zero attached hydrogens (tertiary/aromatic N) is 2. The quantitative estimate of drug-likeness (QED) is 0.787. The van der Waals surface area contributed by atoms with E-state index in [1.807, 2.05) is 35.2 Å². The van der Waals surface area contributed by atoms with Crippen molar-refractivity contribution in [2.75, 3.05) is 25.0 Å². The molecule has 5 heteroatoms. The van der Waals surface area contributed by atoms with Gasteiger partial charge in [-0.3, -0.25) is 4.79 Å². The molecule has 0 radical (unpaired) electrons. The lowest BCUT2D eigenvalue weighted by molar-refractivity contribution is -0.121. The third-order valence-corrected chi connectivity index (χ3v) is 6.64. The van der Waals surface area contributed by atoms with Crippen LogP contribution in [0.5, 0.6) is 0 Å². The van der Waals surface area contributed by atoms with Gasteiger partial charge in [0.25, 0.3) is 0 Å². The summed E-state index contributed by atoms with van der Waals surface area (Å²) in [6, 6.07) is 8.00. The monoisotopic (exact) mass is 383 g/mol. The normalized spacial score (nSPS) is 19.9. The molecule has 1 aliphatic heterocycles. The van der Waals surface area contributed by atoms with E-state index in [1.165, 1.54) is 38.6 Å². The zero-order valence-corrected chi connectivity index (χ0v) is 16.7. The molecule has 1 aliphatic carbocycles. The van der Waals surface area contributed by atoms with Crippen LogP contribution < -0.4 is 5.32 Å². The predicted octanol–water partition coefficient (Wildman–Crippen LogP) is 5.04. The Morgan fingerprint density at radius 3 is 2.70 bits per heavy atom. The fourth-order valence-corrected chi connectivity index (χ4v) is 5.03. The van der Waals surface area contributed by atoms with Crippen molar-refractivity contribution in [3.63, 3.8) is 0 Å². The largest absolute Gasteiger partial charge is 0.326 e. The maximum atomic E-state index is 12.7. The molecule has 0 unspecified atom stereocenters. The molecule has 4 rings (SSSR count). The number of benzene rings is 1. The molecule has 1 N–H and O–H groups in total. The number of anilines is 1. The number of rotatable bonds is 5. The number of nitrogens with one attached hydrogen (secondary N) is 1. The van der Waals surface area contributed by atoms with Crippen molar-refractivity contribution in [3.05, 3.63) is 35.2 Å². The molecule has 1 saturated carbocycles. The van der Waals surface area contributed by atoms with Crippen LogP contribution in [0.25, 0.3) is 11.3 Å². The summed E-state index contributed by atoms with van der Waals surface area (Å²) in [4.78, 5) is 19.7. The van der Waals surface area contributed by atoms with E-state index >= 15 is 0 Å². The van der Waals surface area contributed by atoms with Gasteiger partial charge in [0.1, 0.15) is 0 Å². The smallest absolute Gasteiger partial charge is 0.227 e. The highest BCUT2D eigenvalue weighted by Crippen LogP contribution is 2.27. The maximum absolute atomic E-state index is 12.7. The van der Waals surface area contributed by atoms with Gasteiger partial charge in [-0.1, -0.05) is 31.4 Å². The molecule has 1 amide bonds. The number of carbonyl (C=O) groups is 1. The SMILES string of the molecule is O=C(Nc1cccc(-c2cscn2)c1)C1CCN(CC2CCCCC2)CC1. The van der Waals surface area contributed by atoms with Gasteiger partial charge in [-0.05, 0) is 56.8 Å². The Kier molecular flexibility index (Phi) is 6.20. The van der Waals surface area contributed by atoms with Gasteiger partial charge in [0.05, 0.1) is 11.2 Å². The Balaban J connectivity index is 1.28. The number of aromatic nitrogens is 1. The van der Waals surface area contributed by atoms with Crippen molar-refractivity contribution < 1.29 is 4.79 Å². The second kappa shape index (κ2) is 8.98. The van der Waals surface area contributed by atoms with Gasteiger partial charge in [0.2, 0.25) is 5.91 Å². The first-order valence-electron chi connectivity index (χ1n) is 10.3. The van der Waals surface area contributed by atoms with Crippen molar-refractivity contribution in [1.82, 2.24) is 9.88 Å². The first-order chi connectivity index (χ1) is 13.3. The molecular weight excluding hydrogens is 354 g/mol. The van der Waals surface area contributed by atoms with Crippen LogP contribution in [-0.4, -0.2) is 35.4 Å². The molecule has 144 valence electrons. The predicted molar refractivity (Wildman–Crippen MR) is 112 cm³/mol. The van der Waals surface area contributed by atoms with Crippen molar-refractivity contribution in [2.45, 2.75) is 44.9 Å². The van der Waals surface area contributed by atoms with Crippen molar-refractivity contribution >= 4 is 22.9 Å². The molecule has 2 aromatic rings. The van der Waals surface area contributed by atoms with E-state index in [0.29, 0.717) is 0 Å². The Hall–Kier alpha value is -1.72. The molecule has 1 saturated heterocycles. The number of hydrogen-bond acceptors (Lipinski definition) is 4. The molecule has 2 aliphatic rings. The zero-order chi connectivity index (χ0) is 18.5. The van der Waals surface area contributed by atoms with Crippen LogP contribution in [-0.2, 0) is 4.79 Å². The van der Waals surface area contributed by atoms with Gasteiger partial charge in [0, 0.05) is 29.1 Å². The van der Waals surface area contributed by atoms with Crippen LogP contribution in [0.3, 0.4) is 0 Å². The topological polar surface area (TPSA) is 45.2 Å². The van der Waals surface area contributed by atoms with Gasteiger partial charge < -0.3 is 10.2 Å². The number of thiazole rings is 1. The Morgan fingerprint density at radius 1 is 1.15 bits per heavy atom. The average Bonchev–Trinajstić information content (AvgIpc) is 3.24. The van der Waals surface area contributed by atoms with E-state index in [4.69, 9.17) is 0 Å². The molecule has 0 bridgehead atoms. The van der Waals surface area contributed by atoms with Crippen molar-refractivity contribution in [3.8, 4) is 11.3 Å². The van der Waals surface area contributed by atoms with Gasteiger partial charge in [-0.15, -0.1) is 11.3 Å². The lowest BCUT2D eigenvalue weighted by Crippen LogP contribution is -2.40. The molecule has 2 heterocycles. The lowest BCUT2D eigenvalue weighted by Gasteiger charge is -2.34. The summed E-state index contributed by atoms with van der Waals surface area (Å²) >= 11 is 1.59. The number of hydrogen-bond donors (Lipinski definition) is 1. The van der Waals surface area contributed by atoms with Gasteiger partial charge in [-0.25, -0.2) is 4.98 Å². The summed E-state index contributed by atoms with van der Waals surface area (Å²) in [6.45, 7) is 3.37. The second-order valence-corrected chi connectivity index (χ2v) is 8.74. The molecular formula is C22H29N3OS. The average molecular weight is 384 g/mol. The summed E-state index contributed by atoms with van der Waals surface area (Å²) < 4.78 is 0. The number of likely N-dealkylation sites (tertiary alicyclic amines) is 1. The third-order valence-electron chi connectivity index (χ3n) is 6.06. The zero-order valence-electron chi connectivity index (χ0n) is 15.9. The highest BCUT2D eigenvalue weighted by molar-refractivity contribution is 7.07. The second-order valence-electron chi connectivity index (χ2n) is 8.02. The highest BCUT2D eigenvalue weighted by Gasteiger charge is 2.26. The summed E-state index contributed by atoms with van der Waals surface area (Å²) in [5, 5.41) is 5.16. The van der Waals surface area contributed by atoms with Gasteiger partial charge in [-0.2, -0.15) is 0 Å². The van der Waals surface area contributed by atoms with E-state index in [0.717, 1.165) is 48.8 Å². The molecule has 27 heavy (non-hydrogen) atoms. The van der Waals surface area contributed by atoms with Crippen molar-refractivity contribution in [1.29, 1.82) is 0 Å². The fourth-order valence-electron chi connectivity index (χ4n) is 4.47. The Labute approximate surface area is 166 Å². The maximum Gasteiger partial charge on any atom is 0.227 e. The summed E-state index contributed by atoms with van der Waals surface area (Å²) in [5.41, 5.74) is 4.72. The van der Waals surface area contributed by atoms with Crippen LogP contribution in [0.4, 0.5) is 5.69 Å². The van der Waals surface area contributed by atoms with Crippen molar-refractivity contribution in [2.24, 2.45) is 11.8 Å². The van der Waals surface area contributed by atoms with Gasteiger partial charge >= 0.3 is 0 Å². The van der Waals surface area contributed by atoms with Crippen LogP contribution in [0.1, 0.15) is 44.9 Å². The van der Waals surface area contributed by atoms with E-state index < -0.39 is 0 Å². The number of piperidine rings is 1. The third kappa shape index (κ3) is 4.96. The number of amides is 1. The summed E-state index contributed by atoms with van der Waals surface area (Å²) in [6.07, 6.45) is 8.98. The van der Waals surface area contributed by atoms with Crippen LogP contribution >= 0.6 is 11.3 Å². The molecule has 1 aromatic heterocycles. The van der Waals surface area contributed by atoms with Crippen LogP contribution in [0.2, 0.25) is 0 Å². The van der Waals surface area contributed by atoms with Crippen LogP contribution in [0, 0.1) is 11.8 Å².